The van der Waals surface area contributed by atoms with Crippen LogP contribution in [0.5, 0.6) is 5.75 Å². The Balaban J connectivity index is 1.75. The van der Waals surface area contributed by atoms with E-state index in [9.17, 15) is 5.11 Å². The van der Waals surface area contributed by atoms with E-state index >= 15 is 0 Å². The first-order valence-electron chi connectivity index (χ1n) is 9.46. The highest BCUT2D eigenvalue weighted by atomic mass is 79.9. The second-order valence-electron chi connectivity index (χ2n) is 6.78. The van der Waals surface area contributed by atoms with Gasteiger partial charge >= 0.3 is 0 Å². The molecule has 0 amide bonds. The second kappa shape index (κ2) is 9.41. The normalized spacial score (nSPS) is 11.1. The van der Waals surface area contributed by atoms with E-state index in [2.05, 4.69) is 37.0 Å². The number of hydrazone groups is 1. The number of benzene rings is 3. The van der Waals surface area contributed by atoms with E-state index in [-0.39, 0.29) is 5.75 Å². The van der Waals surface area contributed by atoms with Gasteiger partial charge in [-0.2, -0.15) is 5.10 Å². The number of halogens is 2. The monoisotopic (exact) mass is 536 g/mol. The van der Waals surface area contributed by atoms with E-state index in [4.69, 9.17) is 9.97 Å². The number of hydrogen-bond donors (Lipinski definition) is 1. The van der Waals surface area contributed by atoms with Crippen LogP contribution in [0.25, 0.3) is 22.5 Å². The maximum absolute atomic E-state index is 10.1. The third-order valence-electron chi connectivity index (χ3n) is 4.57. The van der Waals surface area contributed by atoms with Gasteiger partial charge in [-0.25, -0.2) is 15.0 Å². The lowest BCUT2D eigenvalue weighted by atomic mass is 10.1. The van der Waals surface area contributed by atoms with Crippen molar-refractivity contribution in [1.29, 1.82) is 0 Å². The lowest BCUT2D eigenvalue weighted by Gasteiger charge is -2.14. The molecular weight excluding hydrogens is 520 g/mol. The number of phenols is 1. The molecule has 0 bridgehead atoms. The summed E-state index contributed by atoms with van der Waals surface area (Å²) in [4.78, 5) is 9.44. The van der Waals surface area contributed by atoms with Crippen LogP contribution in [0.3, 0.4) is 0 Å². The summed E-state index contributed by atoms with van der Waals surface area (Å²) in [7, 11) is 1.78. The van der Waals surface area contributed by atoms with Gasteiger partial charge in [0.25, 0.3) is 0 Å². The summed E-state index contributed by atoms with van der Waals surface area (Å²) in [5.41, 5.74) is 4.16. The number of nitrogens with zero attached hydrogens (tertiary/aromatic N) is 4. The molecule has 0 aliphatic carbocycles. The molecule has 1 aromatic heterocycles. The molecule has 1 N–H and O–H groups in total. The first-order chi connectivity index (χ1) is 15.0. The molecule has 0 saturated carbocycles. The fourth-order valence-electron chi connectivity index (χ4n) is 2.93. The quantitative estimate of drug-likeness (QED) is 0.233. The number of aromatic nitrogens is 2. The van der Waals surface area contributed by atoms with Crippen molar-refractivity contribution in [2.45, 2.75) is 0 Å². The summed E-state index contributed by atoms with van der Waals surface area (Å²) >= 11 is 6.89. The lowest BCUT2D eigenvalue weighted by molar-refractivity contribution is 0.474. The van der Waals surface area contributed by atoms with Gasteiger partial charge in [0.15, 0.2) is 0 Å². The van der Waals surface area contributed by atoms with Crippen LogP contribution in [0.4, 0.5) is 5.95 Å². The molecule has 0 fully saturated rings. The average molecular weight is 538 g/mol. The van der Waals surface area contributed by atoms with Crippen LogP contribution in [0.1, 0.15) is 5.56 Å². The van der Waals surface area contributed by atoms with Crippen molar-refractivity contribution in [2.24, 2.45) is 5.10 Å². The van der Waals surface area contributed by atoms with Crippen molar-refractivity contribution in [1.82, 2.24) is 9.97 Å². The Hall–Kier alpha value is -3.03. The van der Waals surface area contributed by atoms with Crippen LogP contribution < -0.4 is 5.01 Å². The van der Waals surface area contributed by atoms with E-state index < -0.39 is 0 Å². The number of anilines is 1. The van der Waals surface area contributed by atoms with Gasteiger partial charge < -0.3 is 5.11 Å². The van der Waals surface area contributed by atoms with Gasteiger partial charge in [0.05, 0.1) is 17.6 Å². The van der Waals surface area contributed by atoms with Gasteiger partial charge in [0.2, 0.25) is 5.95 Å². The van der Waals surface area contributed by atoms with Crippen molar-refractivity contribution in [3.63, 3.8) is 0 Å². The highest BCUT2D eigenvalue weighted by Gasteiger charge is 2.12. The molecule has 0 aliphatic heterocycles. The molecule has 0 unspecified atom stereocenters. The third-order valence-corrected chi connectivity index (χ3v) is 5.59. The van der Waals surface area contributed by atoms with Crippen LogP contribution in [-0.2, 0) is 0 Å². The first kappa shape index (κ1) is 21.2. The Labute approximate surface area is 197 Å². The van der Waals surface area contributed by atoms with Crippen LogP contribution in [0, 0.1) is 0 Å². The van der Waals surface area contributed by atoms with Gasteiger partial charge in [-0.05, 0) is 36.4 Å². The van der Waals surface area contributed by atoms with E-state index in [0.29, 0.717) is 11.5 Å². The van der Waals surface area contributed by atoms with E-state index in [1.807, 2.05) is 60.7 Å². The van der Waals surface area contributed by atoms with E-state index in [1.54, 1.807) is 36.5 Å². The van der Waals surface area contributed by atoms with Crippen molar-refractivity contribution in [3.05, 3.63) is 93.4 Å². The molecule has 0 saturated heterocycles. The third kappa shape index (κ3) is 5.18. The summed E-state index contributed by atoms with van der Waals surface area (Å²) in [5.74, 6) is 0.597. The van der Waals surface area contributed by atoms with Gasteiger partial charge in [-0.3, -0.25) is 0 Å². The Bertz CT molecular complexity index is 1230. The molecule has 3 aromatic carbocycles. The topological polar surface area (TPSA) is 61.6 Å². The van der Waals surface area contributed by atoms with Crippen LogP contribution >= 0.6 is 31.9 Å². The summed E-state index contributed by atoms with van der Waals surface area (Å²) in [6, 6.07) is 25.1. The van der Waals surface area contributed by atoms with Crippen LogP contribution in [0.15, 0.2) is 92.9 Å². The standard InChI is InChI=1S/C24H18Br2N4O/c1-30(27-15-18-13-20(26)11-12-23(18)31)24-28-21(16-5-3-2-4-6-16)14-22(29-24)17-7-9-19(25)10-8-17/h2-15,31H,1H3/b27-15+. The summed E-state index contributed by atoms with van der Waals surface area (Å²) in [6.45, 7) is 0. The van der Waals surface area contributed by atoms with E-state index in [1.165, 1.54) is 0 Å². The van der Waals surface area contributed by atoms with Gasteiger partial charge in [0.1, 0.15) is 5.75 Å². The largest absolute Gasteiger partial charge is 0.507 e. The summed E-state index contributed by atoms with van der Waals surface area (Å²) in [5, 5.41) is 16.1. The molecule has 0 aliphatic rings. The number of hydrogen-bond acceptors (Lipinski definition) is 5. The van der Waals surface area contributed by atoms with Crippen molar-refractivity contribution >= 4 is 44.0 Å². The minimum Gasteiger partial charge on any atom is -0.507 e. The van der Waals surface area contributed by atoms with Crippen molar-refractivity contribution < 1.29 is 5.11 Å². The molecule has 5 nitrogen and oxygen atoms in total. The molecule has 4 aromatic rings. The number of aromatic hydroxyl groups is 1. The molecule has 0 atom stereocenters. The minimum absolute atomic E-state index is 0.148. The van der Waals surface area contributed by atoms with Gasteiger partial charge in [0, 0.05) is 32.7 Å². The van der Waals surface area contributed by atoms with Crippen LogP contribution in [-0.4, -0.2) is 28.3 Å². The van der Waals surface area contributed by atoms with Gasteiger partial charge in [-0.1, -0.05) is 74.3 Å². The predicted molar refractivity (Wildman–Crippen MR) is 132 cm³/mol. The zero-order chi connectivity index (χ0) is 21.8. The highest BCUT2D eigenvalue weighted by Crippen LogP contribution is 2.27. The maximum Gasteiger partial charge on any atom is 0.247 e. The summed E-state index contributed by atoms with van der Waals surface area (Å²) in [6.07, 6.45) is 1.58. The zero-order valence-electron chi connectivity index (χ0n) is 16.6. The highest BCUT2D eigenvalue weighted by molar-refractivity contribution is 9.10. The fourth-order valence-corrected chi connectivity index (χ4v) is 3.58. The Kier molecular flexibility index (Phi) is 6.44. The van der Waals surface area contributed by atoms with E-state index in [0.717, 1.165) is 31.5 Å². The molecular formula is C24H18Br2N4O. The van der Waals surface area contributed by atoms with Crippen molar-refractivity contribution in [3.8, 4) is 28.3 Å². The Morgan fingerprint density at radius 2 is 1.42 bits per heavy atom. The molecule has 7 heteroatoms. The second-order valence-corrected chi connectivity index (χ2v) is 8.61. The molecule has 0 spiro atoms. The zero-order valence-corrected chi connectivity index (χ0v) is 19.7. The summed E-state index contributed by atoms with van der Waals surface area (Å²) < 4.78 is 1.86. The maximum atomic E-state index is 10.1. The predicted octanol–water partition coefficient (Wildman–Crippen LogP) is 6.51. The Morgan fingerprint density at radius 3 is 2.10 bits per heavy atom. The Morgan fingerprint density at radius 1 is 0.806 bits per heavy atom. The SMILES string of the molecule is CN(/N=C/c1cc(Br)ccc1O)c1nc(-c2ccccc2)cc(-c2ccc(Br)cc2)n1. The molecule has 154 valence electrons. The van der Waals surface area contributed by atoms with Gasteiger partial charge in [-0.15, -0.1) is 0 Å². The fraction of sp³-hybridized carbons (Fsp3) is 0.0417. The van der Waals surface area contributed by atoms with Crippen molar-refractivity contribution in [2.75, 3.05) is 12.1 Å². The first-order valence-corrected chi connectivity index (χ1v) is 11.0. The average Bonchev–Trinajstić information content (AvgIpc) is 2.80. The smallest absolute Gasteiger partial charge is 0.247 e. The molecule has 4 rings (SSSR count). The molecule has 31 heavy (non-hydrogen) atoms. The molecule has 1 heterocycles. The van der Waals surface area contributed by atoms with Crippen LogP contribution in [0.2, 0.25) is 0 Å². The minimum atomic E-state index is 0.148. The molecule has 0 radical (unpaired) electrons. The number of rotatable bonds is 5. The number of phenolic OH excluding ortho intramolecular Hbond substituents is 1. The lowest BCUT2D eigenvalue weighted by Crippen LogP contribution is -2.13.